The third-order valence-corrected chi connectivity index (χ3v) is 6.11. The summed E-state index contributed by atoms with van der Waals surface area (Å²) in [6, 6.07) is 1.40. The Hall–Kier alpha value is 0.310. The van der Waals surface area contributed by atoms with Crippen LogP contribution in [0.4, 0.5) is 0 Å². The molecule has 2 N–H and O–H groups in total. The van der Waals surface area contributed by atoms with Gasteiger partial charge < -0.3 is 10.6 Å². The van der Waals surface area contributed by atoms with Gasteiger partial charge in [-0.3, -0.25) is 9.89 Å². The second-order valence-corrected chi connectivity index (χ2v) is 8.47. The minimum Gasteiger partial charge on any atom is -0.355 e. The molecule has 6 heteroatoms. The van der Waals surface area contributed by atoms with Crippen molar-refractivity contribution in [2.24, 2.45) is 4.99 Å². The Morgan fingerprint density at radius 1 is 1.27 bits per heavy atom. The van der Waals surface area contributed by atoms with E-state index in [1.54, 1.807) is 0 Å². The van der Waals surface area contributed by atoms with E-state index in [1.807, 2.05) is 18.8 Å². The van der Waals surface area contributed by atoms with Gasteiger partial charge in [0.25, 0.3) is 0 Å². The van der Waals surface area contributed by atoms with E-state index in [1.165, 1.54) is 45.2 Å². The molecule has 1 aliphatic heterocycles. The molecular formula is C16H33IN4S. The van der Waals surface area contributed by atoms with Crippen molar-refractivity contribution in [2.45, 2.75) is 62.8 Å². The Morgan fingerprint density at radius 3 is 2.55 bits per heavy atom. The molecule has 1 atom stereocenters. The van der Waals surface area contributed by atoms with E-state index in [-0.39, 0.29) is 28.7 Å². The number of nitrogens with zero attached hydrogens (tertiary/aromatic N) is 2. The highest BCUT2D eigenvalue weighted by molar-refractivity contribution is 14.0. The van der Waals surface area contributed by atoms with Crippen LogP contribution in [-0.2, 0) is 0 Å². The first-order chi connectivity index (χ1) is 10.0. The summed E-state index contributed by atoms with van der Waals surface area (Å²) in [5.74, 6) is 0.954. The maximum absolute atomic E-state index is 4.38. The molecule has 1 saturated heterocycles. The lowest BCUT2D eigenvalue weighted by molar-refractivity contribution is 0.242. The van der Waals surface area contributed by atoms with Crippen molar-refractivity contribution >= 4 is 41.7 Å². The van der Waals surface area contributed by atoms with E-state index in [9.17, 15) is 0 Å². The Balaban J connectivity index is 0.00000242. The predicted molar refractivity (Wildman–Crippen MR) is 110 cm³/mol. The topological polar surface area (TPSA) is 39.7 Å². The SMILES string of the molecule is CN=C(NCC(C)(C)SC)NC1CCN(C2CCCC2)C1.I. The van der Waals surface area contributed by atoms with Crippen molar-refractivity contribution in [1.82, 2.24) is 15.5 Å². The molecule has 0 aromatic carbocycles. The molecule has 0 aromatic heterocycles. The second kappa shape index (κ2) is 9.57. The first kappa shape index (κ1) is 20.4. The van der Waals surface area contributed by atoms with Crippen LogP contribution in [0.25, 0.3) is 0 Å². The lowest BCUT2D eigenvalue weighted by Gasteiger charge is -2.26. The molecule has 0 bridgehead atoms. The fourth-order valence-corrected chi connectivity index (χ4v) is 3.48. The monoisotopic (exact) mass is 440 g/mol. The quantitative estimate of drug-likeness (QED) is 0.392. The summed E-state index contributed by atoms with van der Waals surface area (Å²) in [7, 11) is 1.87. The lowest BCUT2D eigenvalue weighted by Crippen LogP contribution is -2.48. The van der Waals surface area contributed by atoms with Gasteiger partial charge in [0.1, 0.15) is 0 Å². The molecule has 0 radical (unpaired) electrons. The molecule has 4 nitrogen and oxygen atoms in total. The average Bonchev–Trinajstić information content (AvgIpc) is 3.14. The first-order valence-electron chi connectivity index (χ1n) is 8.30. The summed E-state index contributed by atoms with van der Waals surface area (Å²) >= 11 is 1.89. The number of halogens is 1. The number of hydrogen-bond donors (Lipinski definition) is 2. The molecule has 0 spiro atoms. The highest BCUT2D eigenvalue weighted by Crippen LogP contribution is 2.26. The van der Waals surface area contributed by atoms with Crippen LogP contribution in [0, 0.1) is 0 Å². The highest BCUT2D eigenvalue weighted by Gasteiger charge is 2.30. The van der Waals surface area contributed by atoms with E-state index in [0.717, 1.165) is 18.5 Å². The number of aliphatic imine (C=N–C) groups is 1. The molecule has 0 aromatic rings. The van der Waals surface area contributed by atoms with E-state index < -0.39 is 0 Å². The van der Waals surface area contributed by atoms with Crippen molar-refractivity contribution in [2.75, 3.05) is 32.9 Å². The Bertz CT molecular complexity index is 356. The van der Waals surface area contributed by atoms with Crippen molar-refractivity contribution < 1.29 is 0 Å². The first-order valence-corrected chi connectivity index (χ1v) is 9.53. The second-order valence-electron chi connectivity index (χ2n) is 6.95. The van der Waals surface area contributed by atoms with Crippen molar-refractivity contribution in [3.05, 3.63) is 0 Å². The smallest absolute Gasteiger partial charge is 0.191 e. The maximum Gasteiger partial charge on any atom is 0.191 e. The van der Waals surface area contributed by atoms with Crippen LogP contribution in [-0.4, -0.2) is 60.6 Å². The fraction of sp³-hybridized carbons (Fsp3) is 0.938. The van der Waals surface area contributed by atoms with Gasteiger partial charge in [0.2, 0.25) is 0 Å². The zero-order valence-corrected chi connectivity index (χ0v) is 17.7. The van der Waals surface area contributed by atoms with Crippen LogP contribution in [0.5, 0.6) is 0 Å². The minimum absolute atomic E-state index is 0. The largest absolute Gasteiger partial charge is 0.355 e. The van der Waals surface area contributed by atoms with Gasteiger partial charge in [-0.15, -0.1) is 24.0 Å². The van der Waals surface area contributed by atoms with E-state index >= 15 is 0 Å². The highest BCUT2D eigenvalue weighted by atomic mass is 127. The van der Waals surface area contributed by atoms with Gasteiger partial charge in [0, 0.05) is 43.5 Å². The van der Waals surface area contributed by atoms with Crippen LogP contribution < -0.4 is 10.6 Å². The maximum atomic E-state index is 4.38. The molecule has 2 fully saturated rings. The predicted octanol–water partition coefficient (Wildman–Crippen LogP) is 2.93. The summed E-state index contributed by atoms with van der Waals surface area (Å²) in [4.78, 5) is 7.06. The number of guanidine groups is 1. The van der Waals surface area contributed by atoms with Gasteiger partial charge in [0.15, 0.2) is 5.96 Å². The van der Waals surface area contributed by atoms with Crippen LogP contribution in [0.2, 0.25) is 0 Å². The van der Waals surface area contributed by atoms with E-state index in [4.69, 9.17) is 0 Å². The van der Waals surface area contributed by atoms with Crippen LogP contribution in [0.1, 0.15) is 46.0 Å². The molecule has 130 valence electrons. The normalized spacial score (nSPS) is 24.4. The zero-order valence-electron chi connectivity index (χ0n) is 14.5. The van der Waals surface area contributed by atoms with Gasteiger partial charge >= 0.3 is 0 Å². The third-order valence-electron chi connectivity index (χ3n) is 4.86. The molecule has 1 heterocycles. The van der Waals surface area contributed by atoms with Gasteiger partial charge in [-0.05, 0) is 39.4 Å². The van der Waals surface area contributed by atoms with E-state index in [0.29, 0.717) is 6.04 Å². The van der Waals surface area contributed by atoms with Gasteiger partial charge in [0.05, 0.1) is 0 Å². The number of likely N-dealkylation sites (tertiary alicyclic amines) is 1. The Morgan fingerprint density at radius 2 is 1.95 bits per heavy atom. The van der Waals surface area contributed by atoms with E-state index in [2.05, 4.69) is 40.6 Å². The molecule has 1 unspecified atom stereocenters. The van der Waals surface area contributed by atoms with Crippen molar-refractivity contribution in [3.8, 4) is 0 Å². The third kappa shape index (κ3) is 6.07. The number of hydrogen-bond acceptors (Lipinski definition) is 3. The van der Waals surface area contributed by atoms with Crippen LogP contribution in [0.3, 0.4) is 0 Å². The molecule has 0 amide bonds. The van der Waals surface area contributed by atoms with Crippen molar-refractivity contribution in [3.63, 3.8) is 0 Å². The molecular weight excluding hydrogens is 407 g/mol. The van der Waals surface area contributed by atoms with Gasteiger partial charge in [-0.25, -0.2) is 0 Å². The number of rotatable bonds is 5. The summed E-state index contributed by atoms with van der Waals surface area (Å²) in [6.07, 6.45) is 9.05. The summed E-state index contributed by atoms with van der Waals surface area (Å²) in [5, 5.41) is 7.08. The minimum atomic E-state index is 0. The van der Waals surface area contributed by atoms with Crippen molar-refractivity contribution in [1.29, 1.82) is 0 Å². The van der Waals surface area contributed by atoms with Gasteiger partial charge in [-0.2, -0.15) is 11.8 Å². The fourth-order valence-electron chi connectivity index (χ4n) is 3.26. The number of nitrogens with one attached hydrogen (secondary N) is 2. The average molecular weight is 440 g/mol. The summed E-state index contributed by atoms with van der Waals surface area (Å²) in [6.45, 7) is 7.88. The lowest BCUT2D eigenvalue weighted by atomic mass is 10.2. The van der Waals surface area contributed by atoms with Crippen LogP contribution >= 0.6 is 35.7 Å². The molecule has 1 saturated carbocycles. The number of thioether (sulfide) groups is 1. The Kier molecular flexibility index (Phi) is 8.85. The van der Waals surface area contributed by atoms with Crippen LogP contribution in [0.15, 0.2) is 4.99 Å². The molecule has 22 heavy (non-hydrogen) atoms. The summed E-state index contributed by atoms with van der Waals surface area (Å²) < 4.78 is 0.239. The standard InChI is InChI=1S/C16H32N4S.HI/c1-16(2,21-4)12-18-15(17-3)19-13-9-10-20(11-13)14-7-5-6-8-14;/h13-14H,5-12H2,1-4H3,(H2,17,18,19);1H. The zero-order chi connectivity index (χ0) is 15.3. The molecule has 2 rings (SSSR count). The Labute approximate surface area is 157 Å². The summed E-state index contributed by atoms with van der Waals surface area (Å²) in [5.41, 5.74) is 0. The molecule has 1 aliphatic carbocycles. The van der Waals surface area contributed by atoms with Gasteiger partial charge in [-0.1, -0.05) is 12.8 Å². The molecule has 2 aliphatic rings.